The van der Waals surface area contributed by atoms with Gasteiger partial charge in [0.1, 0.15) is 4.83 Å². The fourth-order valence-electron chi connectivity index (χ4n) is 2.77. The molecule has 1 amide bonds. The van der Waals surface area contributed by atoms with Gasteiger partial charge >= 0.3 is 0 Å². The highest BCUT2D eigenvalue weighted by Gasteiger charge is 2.18. The Balaban J connectivity index is 2.02. The lowest BCUT2D eigenvalue weighted by Crippen LogP contribution is -2.29. The van der Waals surface area contributed by atoms with Gasteiger partial charge in [-0.2, -0.15) is 0 Å². The number of fused-ring (bicyclic) bond motifs is 1. The molecule has 8 heteroatoms. The highest BCUT2D eigenvalue weighted by molar-refractivity contribution is 7.99. The number of carbonyl (C=O) groups excluding carboxylic acids is 1. The molecule has 3 rings (SSSR count). The van der Waals surface area contributed by atoms with E-state index in [1.807, 2.05) is 45.0 Å². The summed E-state index contributed by atoms with van der Waals surface area (Å²) in [6, 6.07) is 7.73. The van der Waals surface area contributed by atoms with Crippen LogP contribution in [0.5, 0.6) is 0 Å². The Labute approximate surface area is 171 Å². The maximum absolute atomic E-state index is 13.3. The van der Waals surface area contributed by atoms with E-state index in [-0.39, 0.29) is 17.2 Å². The summed E-state index contributed by atoms with van der Waals surface area (Å²) < 4.78 is 6.55. The SMILES string of the molecule is COCCNC(=O)CSc1nc2sc(C)c(C)c2c(=O)n1-c1ccc(C)cc1. The number of methoxy groups -OCH3 is 1. The average molecular weight is 418 g/mol. The molecule has 0 saturated carbocycles. The fraction of sp³-hybridized carbons (Fsp3) is 0.350. The predicted molar refractivity (Wildman–Crippen MR) is 115 cm³/mol. The largest absolute Gasteiger partial charge is 0.383 e. The highest BCUT2D eigenvalue weighted by atomic mass is 32.2. The van der Waals surface area contributed by atoms with Crippen molar-refractivity contribution in [1.82, 2.24) is 14.9 Å². The molecule has 2 heterocycles. The Kier molecular flexibility index (Phi) is 6.53. The van der Waals surface area contributed by atoms with Gasteiger partial charge in [-0.25, -0.2) is 4.98 Å². The summed E-state index contributed by atoms with van der Waals surface area (Å²) in [4.78, 5) is 31.9. The monoisotopic (exact) mass is 417 g/mol. The number of thioether (sulfide) groups is 1. The number of aryl methyl sites for hydroxylation is 3. The normalized spacial score (nSPS) is 11.1. The molecule has 0 unspecified atom stereocenters. The number of aromatic nitrogens is 2. The van der Waals surface area contributed by atoms with Crippen LogP contribution in [0.2, 0.25) is 0 Å². The summed E-state index contributed by atoms with van der Waals surface area (Å²) in [5, 5.41) is 3.96. The molecular weight excluding hydrogens is 394 g/mol. The lowest BCUT2D eigenvalue weighted by Gasteiger charge is -2.12. The lowest BCUT2D eigenvalue weighted by molar-refractivity contribution is -0.118. The summed E-state index contributed by atoms with van der Waals surface area (Å²) in [7, 11) is 1.59. The standard InChI is InChI=1S/C20H23N3O3S2/c1-12-5-7-15(8-6-12)23-19(25)17-13(2)14(3)28-18(17)22-20(23)27-11-16(24)21-9-10-26-4/h5-8H,9-11H2,1-4H3,(H,21,24). The molecule has 0 atom stereocenters. The van der Waals surface area contributed by atoms with Gasteiger partial charge in [-0.3, -0.25) is 14.2 Å². The summed E-state index contributed by atoms with van der Waals surface area (Å²) in [6.07, 6.45) is 0. The van der Waals surface area contributed by atoms with Crippen LogP contribution in [-0.2, 0) is 9.53 Å². The van der Waals surface area contributed by atoms with Crippen molar-refractivity contribution < 1.29 is 9.53 Å². The fourth-order valence-corrected chi connectivity index (χ4v) is 4.68. The first-order valence-corrected chi connectivity index (χ1v) is 10.7. The number of thiophene rings is 1. The first-order chi connectivity index (χ1) is 13.4. The van der Waals surface area contributed by atoms with Gasteiger partial charge in [0.25, 0.3) is 5.56 Å². The number of hydrogen-bond donors (Lipinski definition) is 1. The molecule has 0 aliphatic heterocycles. The van der Waals surface area contributed by atoms with Crippen molar-refractivity contribution in [2.24, 2.45) is 0 Å². The molecule has 28 heavy (non-hydrogen) atoms. The number of rotatable bonds is 7. The third-order valence-corrected chi connectivity index (χ3v) is 6.46. The number of ether oxygens (including phenoxy) is 1. The molecule has 6 nitrogen and oxygen atoms in total. The zero-order valence-corrected chi connectivity index (χ0v) is 18.0. The van der Waals surface area contributed by atoms with Crippen molar-refractivity contribution in [2.45, 2.75) is 25.9 Å². The van der Waals surface area contributed by atoms with E-state index in [0.29, 0.717) is 28.5 Å². The van der Waals surface area contributed by atoms with E-state index in [4.69, 9.17) is 9.72 Å². The molecule has 148 valence electrons. The molecule has 0 aliphatic carbocycles. The third-order valence-electron chi connectivity index (χ3n) is 4.43. The zero-order valence-electron chi connectivity index (χ0n) is 16.4. The smallest absolute Gasteiger partial charge is 0.267 e. The molecule has 0 aliphatic rings. The van der Waals surface area contributed by atoms with Crippen LogP contribution in [0.15, 0.2) is 34.2 Å². The second-order valence-corrected chi connectivity index (χ2v) is 8.61. The minimum absolute atomic E-state index is 0.0991. The molecule has 1 aromatic carbocycles. The molecular formula is C20H23N3O3S2. The number of benzene rings is 1. The van der Waals surface area contributed by atoms with Crippen LogP contribution in [0.25, 0.3) is 15.9 Å². The summed E-state index contributed by atoms with van der Waals surface area (Å²) >= 11 is 2.77. The lowest BCUT2D eigenvalue weighted by atomic mass is 10.2. The van der Waals surface area contributed by atoms with E-state index >= 15 is 0 Å². The first-order valence-electron chi connectivity index (χ1n) is 8.90. The number of amides is 1. The Morgan fingerprint density at radius 2 is 1.96 bits per heavy atom. The van der Waals surface area contributed by atoms with Gasteiger partial charge in [-0.1, -0.05) is 29.5 Å². The van der Waals surface area contributed by atoms with Crippen LogP contribution < -0.4 is 10.9 Å². The number of nitrogens with zero attached hydrogens (tertiary/aromatic N) is 2. The van der Waals surface area contributed by atoms with Gasteiger partial charge in [-0.05, 0) is 38.5 Å². The van der Waals surface area contributed by atoms with Crippen molar-refractivity contribution in [3.8, 4) is 5.69 Å². The van der Waals surface area contributed by atoms with E-state index in [0.717, 1.165) is 21.7 Å². The van der Waals surface area contributed by atoms with E-state index in [1.165, 1.54) is 23.1 Å². The predicted octanol–water partition coefficient (Wildman–Crippen LogP) is 3.23. The average Bonchev–Trinajstić information content (AvgIpc) is 2.95. The Bertz CT molecular complexity index is 1060. The first kappa shape index (κ1) is 20.6. The molecule has 3 aromatic rings. The number of nitrogens with one attached hydrogen (secondary N) is 1. The summed E-state index contributed by atoms with van der Waals surface area (Å²) in [6.45, 7) is 6.86. The minimum Gasteiger partial charge on any atom is -0.383 e. The van der Waals surface area contributed by atoms with Crippen LogP contribution in [0.1, 0.15) is 16.0 Å². The molecule has 0 bridgehead atoms. The molecule has 0 fully saturated rings. The van der Waals surface area contributed by atoms with E-state index in [9.17, 15) is 9.59 Å². The van der Waals surface area contributed by atoms with Crippen molar-refractivity contribution in [3.05, 3.63) is 50.6 Å². The van der Waals surface area contributed by atoms with Crippen LogP contribution in [-0.4, -0.2) is 41.5 Å². The van der Waals surface area contributed by atoms with Gasteiger partial charge < -0.3 is 10.1 Å². The second kappa shape index (κ2) is 8.89. The van der Waals surface area contributed by atoms with Gasteiger partial charge in [0.05, 0.1) is 23.4 Å². The topological polar surface area (TPSA) is 73.2 Å². The zero-order chi connectivity index (χ0) is 20.3. The second-order valence-electron chi connectivity index (χ2n) is 6.47. The van der Waals surface area contributed by atoms with Crippen molar-refractivity contribution >= 4 is 39.2 Å². The van der Waals surface area contributed by atoms with Gasteiger partial charge in [-0.15, -0.1) is 11.3 Å². The minimum atomic E-state index is -0.120. The van der Waals surface area contributed by atoms with Gasteiger partial charge in [0.15, 0.2) is 5.16 Å². The van der Waals surface area contributed by atoms with Crippen LogP contribution in [0.4, 0.5) is 0 Å². The molecule has 2 aromatic heterocycles. The molecule has 0 spiro atoms. The van der Waals surface area contributed by atoms with Gasteiger partial charge in [0, 0.05) is 18.5 Å². The maximum Gasteiger partial charge on any atom is 0.267 e. The van der Waals surface area contributed by atoms with Crippen LogP contribution >= 0.6 is 23.1 Å². The Morgan fingerprint density at radius 3 is 2.64 bits per heavy atom. The quantitative estimate of drug-likeness (QED) is 0.363. The maximum atomic E-state index is 13.3. The Morgan fingerprint density at radius 1 is 1.25 bits per heavy atom. The van der Waals surface area contributed by atoms with Gasteiger partial charge in [0.2, 0.25) is 5.91 Å². The Hall–Kier alpha value is -2.16. The van der Waals surface area contributed by atoms with Crippen LogP contribution in [0.3, 0.4) is 0 Å². The van der Waals surface area contributed by atoms with E-state index < -0.39 is 0 Å². The molecule has 0 radical (unpaired) electrons. The molecule has 1 N–H and O–H groups in total. The number of hydrogen-bond acceptors (Lipinski definition) is 6. The summed E-state index contributed by atoms with van der Waals surface area (Å²) in [5.41, 5.74) is 2.72. The van der Waals surface area contributed by atoms with Crippen molar-refractivity contribution in [3.63, 3.8) is 0 Å². The number of carbonyl (C=O) groups is 1. The highest BCUT2D eigenvalue weighted by Crippen LogP contribution is 2.29. The molecule has 0 saturated heterocycles. The van der Waals surface area contributed by atoms with E-state index in [2.05, 4.69) is 5.32 Å². The van der Waals surface area contributed by atoms with Crippen LogP contribution in [0, 0.1) is 20.8 Å². The van der Waals surface area contributed by atoms with Crippen molar-refractivity contribution in [1.29, 1.82) is 0 Å². The van der Waals surface area contributed by atoms with E-state index in [1.54, 1.807) is 11.7 Å². The van der Waals surface area contributed by atoms with Crippen molar-refractivity contribution in [2.75, 3.05) is 26.0 Å². The third kappa shape index (κ3) is 4.29. The summed E-state index contributed by atoms with van der Waals surface area (Å²) in [5.74, 6) is 0.0574.